The van der Waals surface area contributed by atoms with Crippen LogP contribution in [-0.4, -0.2) is 42.4 Å². The summed E-state index contributed by atoms with van der Waals surface area (Å²) in [5.74, 6) is 0.650. The van der Waals surface area contributed by atoms with Gasteiger partial charge in [-0.15, -0.1) is 0 Å². The molecule has 0 spiro atoms. The molecular formula is C14H21Cl2NO2. The number of rotatable bonds is 8. The quantitative estimate of drug-likeness (QED) is 0.798. The van der Waals surface area contributed by atoms with Crippen LogP contribution in [0, 0.1) is 0 Å². The molecule has 0 saturated carbocycles. The molecule has 108 valence electrons. The van der Waals surface area contributed by atoms with Crippen LogP contribution < -0.4 is 4.74 Å². The van der Waals surface area contributed by atoms with Gasteiger partial charge in [0.05, 0.1) is 5.02 Å². The molecule has 0 aliphatic heterocycles. The lowest BCUT2D eigenvalue weighted by Gasteiger charge is -2.26. The van der Waals surface area contributed by atoms with Gasteiger partial charge in [0.2, 0.25) is 0 Å². The number of hydrogen-bond donors (Lipinski definition) is 1. The van der Waals surface area contributed by atoms with Gasteiger partial charge in [-0.2, -0.15) is 0 Å². The molecule has 0 atom stereocenters. The second kappa shape index (κ2) is 8.64. The van der Waals surface area contributed by atoms with Crippen molar-refractivity contribution < 1.29 is 9.84 Å². The summed E-state index contributed by atoms with van der Waals surface area (Å²) in [5, 5.41) is 10.0. The number of benzene rings is 1. The van der Waals surface area contributed by atoms with Crippen molar-refractivity contribution in [2.75, 3.05) is 26.3 Å². The van der Waals surface area contributed by atoms with E-state index < -0.39 is 0 Å². The molecule has 0 aromatic heterocycles. The zero-order chi connectivity index (χ0) is 14.3. The summed E-state index contributed by atoms with van der Waals surface area (Å²) in [6.07, 6.45) is 0.778. The molecule has 5 heteroatoms. The number of halogens is 2. The van der Waals surface area contributed by atoms with Gasteiger partial charge in [-0.25, -0.2) is 0 Å². The molecule has 1 aromatic carbocycles. The number of ether oxygens (including phenoxy) is 1. The van der Waals surface area contributed by atoms with Crippen LogP contribution in [0.2, 0.25) is 10.0 Å². The Bertz CT molecular complexity index is 386. The van der Waals surface area contributed by atoms with E-state index in [0.29, 0.717) is 28.4 Å². The third-order valence-electron chi connectivity index (χ3n) is 2.86. The van der Waals surface area contributed by atoms with Crippen LogP contribution in [0.1, 0.15) is 20.3 Å². The van der Waals surface area contributed by atoms with Gasteiger partial charge < -0.3 is 9.84 Å². The van der Waals surface area contributed by atoms with Gasteiger partial charge in [0.25, 0.3) is 0 Å². The van der Waals surface area contributed by atoms with Crippen LogP contribution in [-0.2, 0) is 0 Å². The Morgan fingerprint density at radius 3 is 2.58 bits per heavy atom. The summed E-state index contributed by atoms with van der Waals surface area (Å²) >= 11 is 11.9. The molecule has 0 fully saturated rings. The molecule has 3 nitrogen and oxygen atoms in total. The van der Waals surface area contributed by atoms with E-state index in [-0.39, 0.29) is 6.61 Å². The summed E-state index contributed by atoms with van der Waals surface area (Å²) in [5.41, 5.74) is 0. The molecule has 0 amide bonds. The van der Waals surface area contributed by atoms with Crippen molar-refractivity contribution in [3.63, 3.8) is 0 Å². The largest absolute Gasteiger partial charge is 0.491 e. The predicted octanol–water partition coefficient (Wildman–Crippen LogP) is 3.47. The first-order valence-electron chi connectivity index (χ1n) is 6.47. The van der Waals surface area contributed by atoms with E-state index in [0.717, 1.165) is 19.5 Å². The average Bonchev–Trinajstić information content (AvgIpc) is 2.35. The van der Waals surface area contributed by atoms with Gasteiger partial charge in [-0.1, -0.05) is 23.2 Å². The van der Waals surface area contributed by atoms with Crippen molar-refractivity contribution in [3.05, 3.63) is 28.2 Å². The lowest BCUT2D eigenvalue weighted by Crippen LogP contribution is -2.35. The number of nitrogens with zero attached hydrogens (tertiary/aromatic N) is 1. The van der Waals surface area contributed by atoms with Gasteiger partial charge in [-0.05, 0) is 38.5 Å². The SMILES string of the molecule is CC(C)N(CCCO)CCOc1ccc(Cl)cc1Cl. The fourth-order valence-corrected chi connectivity index (χ4v) is 2.23. The molecule has 0 unspecified atom stereocenters. The Morgan fingerprint density at radius 2 is 2.00 bits per heavy atom. The molecule has 0 heterocycles. The van der Waals surface area contributed by atoms with Crippen LogP contribution >= 0.6 is 23.2 Å². The Hall–Kier alpha value is -0.480. The van der Waals surface area contributed by atoms with Crippen molar-refractivity contribution in [2.45, 2.75) is 26.3 Å². The van der Waals surface area contributed by atoms with Crippen LogP contribution in [0.3, 0.4) is 0 Å². The Balaban J connectivity index is 2.42. The molecular weight excluding hydrogens is 285 g/mol. The third-order valence-corrected chi connectivity index (χ3v) is 3.39. The minimum absolute atomic E-state index is 0.215. The van der Waals surface area contributed by atoms with Crippen molar-refractivity contribution in [1.29, 1.82) is 0 Å². The second-order valence-corrected chi connectivity index (χ2v) is 5.47. The van der Waals surface area contributed by atoms with E-state index in [1.54, 1.807) is 18.2 Å². The minimum Gasteiger partial charge on any atom is -0.491 e. The van der Waals surface area contributed by atoms with Crippen molar-refractivity contribution >= 4 is 23.2 Å². The summed E-state index contributed by atoms with van der Waals surface area (Å²) in [4.78, 5) is 2.26. The van der Waals surface area contributed by atoms with Gasteiger partial charge >= 0.3 is 0 Å². The highest BCUT2D eigenvalue weighted by molar-refractivity contribution is 6.35. The van der Waals surface area contributed by atoms with E-state index in [4.69, 9.17) is 33.0 Å². The van der Waals surface area contributed by atoms with Crippen LogP contribution in [0.5, 0.6) is 5.75 Å². The number of aliphatic hydroxyl groups is 1. The normalized spacial score (nSPS) is 11.3. The van der Waals surface area contributed by atoms with E-state index >= 15 is 0 Å². The van der Waals surface area contributed by atoms with E-state index in [1.165, 1.54) is 0 Å². The number of hydrogen-bond acceptors (Lipinski definition) is 3. The molecule has 0 bridgehead atoms. The van der Waals surface area contributed by atoms with E-state index in [1.807, 2.05) is 0 Å². The molecule has 1 N–H and O–H groups in total. The monoisotopic (exact) mass is 305 g/mol. The molecule has 0 aliphatic rings. The highest BCUT2D eigenvalue weighted by atomic mass is 35.5. The van der Waals surface area contributed by atoms with Crippen molar-refractivity contribution in [1.82, 2.24) is 4.90 Å². The van der Waals surface area contributed by atoms with Gasteiger partial charge in [0, 0.05) is 30.8 Å². The fraction of sp³-hybridized carbons (Fsp3) is 0.571. The summed E-state index contributed by atoms with van der Waals surface area (Å²) in [6, 6.07) is 5.63. The second-order valence-electron chi connectivity index (χ2n) is 4.63. The molecule has 0 radical (unpaired) electrons. The summed E-state index contributed by atoms with van der Waals surface area (Å²) in [6.45, 7) is 6.71. The van der Waals surface area contributed by atoms with Crippen LogP contribution in [0.25, 0.3) is 0 Å². The molecule has 1 aromatic rings. The average molecular weight is 306 g/mol. The maximum atomic E-state index is 8.87. The van der Waals surface area contributed by atoms with Gasteiger partial charge in [0.1, 0.15) is 12.4 Å². The topological polar surface area (TPSA) is 32.7 Å². The predicted molar refractivity (Wildman–Crippen MR) is 80.4 cm³/mol. The molecule has 0 aliphatic carbocycles. The summed E-state index contributed by atoms with van der Waals surface area (Å²) in [7, 11) is 0. The van der Waals surface area contributed by atoms with E-state index in [9.17, 15) is 0 Å². The lowest BCUT2D eigenvalue weighted by molar-refractivity contribution is 0.160. The smallest absolute Gasteiger partial charge is 0.138 e. The Labute approximate surface area is 125 Å². The van der Waals surface area contributed by atoms with Crippen molar-refractivity contribution in [2.24, 2.45) is 0 Å². The highest BCUT2D eigenvalue weighted by Gasteiger charge is 2.09. The Morgan fingerprint density at radius 1 is 1.26 bits per heavy atom. The highest BCUT2D eigenvalue weighted by Crippen LogP contribution is 2.27. The van der Waals surface area contributed by atoms with Gasteiger partial charge in [0.15, 0.2) is 0 Å². The molecule has 1 rings (SSSR count). The zero-order valence-electron chi connectivity index (χ0n) is 11.4. The molecule has 0 saturated heterocycles. The third kappa shape index (κ3) is 6.00. The maximum Gasteiger partial charge on any atom is 0.138 e. The molecule has 19 heavy (non-hydrogen) atoms. The maximum absolute atomic E-state index is 8.87. The zero-order valence-corrected chi connectivity index (χ0v) is 12.9. The standard InChI is InChI=1S/C14H21Cl2NO2/c1-11(2)17(6-3-8-18)7-9-19-14-5-4-12(15)10-13(14)16/h4-5,10-11,18H,3,6-9H2,1-2H3. The first kappa shape index (κ1) is 16.6. The minimum atomic E-state index is 0.215. The first-order chi connectivity index (χ1) is 9.04. The lowest BCUT2D eigenvalue weighted by atomic mass is 10.3. The number of aliphatic hydroxyl groups excluding tert-OH is 1. The van der Waals surface area contributed by atoms with Crippen molar-refractivity contribution in [3.8, 4) is 5.75 Å². The Kier molecular flexibility index (Phi) is 7.54. The van der Waals surface area contributed by atoms with Gasteiger partial charge in [-0.3, -0.25) is 4.90 Å². The fourth-order valence-electron chi connectivity index (χ4n) is 1.77. The summed E-state index contributed by atoms with van der Waals surface area (Å²) < 4.78 is 5.66. The van der Waals surface area contributed by atoms with Crippen LogP contribution in [0.4, 0.5) is 0 Å². The van der Waals surface area contributed by atoms with Crippen LogP contribution in [0.15, 0.2) is 18.2 Å². The first-order valence-corrected chi connectivity index (χ1v) is 7.23. The van der Waals surface area contributed by atoms with E-state index in [2.05, 4.69) is 18.7 Å².